The number of hydrogen-bond donors (Lipinski definition) is 0. The molecule has 29 heavy (non-hydrogen) atoms. The van der Waals surface area contributed by atoms with Crippen molar-refractivity contribution in [2.45, 2.75) is 26.3 Å². The van der Waals surface area contributed by atoms with E-state index in [-0.39, 0.29) is 17.1 Å². The maximum atomic E-state index is 12.8. The molecule has 0 fully saturated rings. The van der Waals surface area contributed by atoms with E-state index in [0.717, 1.165) is 40.3 Å². The van der Waals surface area contributed by atoms with Crippen LogP contribution >= 0.6 is 11.3 Å². The number of fused-ring (bicyclic) bond motifs is 1. The van der Waals surface area contributed by atoms with Gasteiger partial charge < -0.3 is 10.0 Å². The van der Waals surface area contributed by atoms with Crippen LogP contribution in [-0.2, 0) is 11.3 Å². The van der Waals surface area contributed by atoms with Crippen molar-refractivity contribution in [1.29, 1.82) is 0 Å². The second-order valence-corrected chi connectivity index (χ2v) is 8.51. The highest BCUT2D eigenvalue weighted by Gasteiger charge is 2.30. The van der Waals surface area contributed by atoms with Crippen LogP contribution in [0.1, 0.15) is 30.3 Å². The maximum Gasteiger partial charge on any atom is 0.263 e. The van der Waals surface area contributed by atoms with Crippen LogP contribution in [0.2, 0.25) is 0 Å². The lowest BCUT2D eigenvalue weighted by Gasteiger charge is -2.30. The number of aromatic nitrogens is 1. The maximum absolute atomic E-state index is 12.8. The topological polar surface area (TPSA) is 47.2 Å². The smallest absolute Gasteiger partial charge is 0.263 e. The lowest BCUT2D eigenvalue weighted by atomic mass is 9.83. The standard InChI is InChI=1S/C24H24N2O2S/c1-4-5-14-26-19-8-6-7-9-20(19)29-21(26)15-18-23(27)22(24(18)28)16-10-12-17(13-11-16)25(2)3/h6-13,15H,4-5,14H2,1-3H3. The average Bonchev–Trinajstić information content (AvgIpc) is 3.08. The van der Waals surface area contributed by atoms with Crippen molar-refractivity contribution in [2.75, 3.05) is 19.0 Å². The summed E-state index contributed by atoms with van der Waals surface area (Å²) in [5.74, 6) is -0.320. The van der Waals surface area contributed by atoms with Gasteiger partial charge in [-0.15, -0.1) is 0 Å². The summed E-state index contributed by atoms with van der Waals surface area (Å²) in [6.07, 6.45) is 3.92. The third-order valence-electron chi connectivity index (χ3n) is 5.26. The third kappa shape index (κ3) is 3.47. The Kier molecular flexibility index (Phi) is 5.24. The number of carbonyl (C=O) groups is 1. The molecule has 3 aromatic rings. The van der Waals surface area contributed by atoms with E-state index < -0.39 is 0 Å². The minimum atomic E-state index is -0.160. The number of rotatable bonds is 6. The largest absolute Gasteiger partial charge is 0.871 e. The molecule has 1 aliphatic rings. The van der Waals surface area contributed by atoms with Gasteiger partial charge >= 0.3 is 0 Å². The van der Waals surface area contributed by atoms with Gasteiger partial charge in [-0.05, 0) is 23.8 Å². The van der Waals surface area contributed by atoms with Gasteiger partial charge in [0.15, 0.2) is 12.3 Å². The van der Waals surface area contributed by atoms with E-state index in [1.807, 2.05) is 55.4 Å². The van der Waals surface area contributed by atoms with E-state index >= 15 is 0 Å². The van der Waals surface area contributed by atoms with Gasteiger partial charge in [-0.3, -0.25) is 4.79 Å². The summed E-state index contributed by atoms with van der Waals surface area (Å²) < 4.78 is 3.39. The second kappa shape index (κ2) is 7.84. The number of hydrogen-bond acceptors (Lipinski definition) is 4. The van der Waals surface area contributed by atoms with Crippen LogP contribution in [0.4, 0.5) is 5.69 Å². The van der Waals surface area contributed by atoms with Gasteiger partial charge in [-0.2, -0.15) is 4.57 Å². The number of carbonyl (C=O) groups excluding carboxylic acids is 1. The third-order valence-corrected chi connectivity index (χ3v) is 6.37. The van der Waals surface area contributed by atoms with Gasteiger partial charge in [-0.1, -0.05) is 54.7 Å². The number of anilines is 1. The SMILES string of the molecule is CCCC[n+]1c(C=C2C(=O)C(c3ccc(N(C)C)cc3)=C2[O-])sc2ccccc21. The van der Waals surface area contributed by atoms with Gasteiger partial charge in [0.05, 0.1) is 0 Å². The molecule has 0 saturated carbocycles. The van der Waals surface area contributed by atoms with Crippen LogP contribution in [-0.4, -0.2) is 19.9 Å². The van der Waals surface area contributed by atoms with Crippen LogP contribution in [0.25, 0.3) is 21.9 Å². The van der Waals surface area contributed by atoms with Crippen LogP contribution in [0, 0.1) is 0 Å². The lowest BCUT2D eigenvalue weighted by Crippen LogP contribution is -2.36. The Morgan fingerprint density at radius 1 is 1.10 bits per heavy atom. The van der Waals surface area contributed by atoms with Crippen molar-refractivity contribution < 1.29 is 14.5 Å². The first-order chi connectivity index (χ1) is 14.0. The fourth-order valence-electron chi connectivity index (χ4n) is 3.56. The molecule has 1 aliphatic carbocycles. The summed E-state index contributed by atoms with van der Waals surface area (Å²) in [5.41, 5.74) is 3.46. The molecule has 0 radical (unpaired) electrons. The number of Topliss-reactive ketones (excluding diaryl/α,β-unsaturated/α-hetero) is 1. The number of unbranched alkanes of at least 4 members (excludes halogenated alkanes) is 1. The molecule has 148 valence electrons. The molecule has 0 N–H and O–H groups in total. The highest BCUT2D eigenvalue weighted by molar-refractivity contribution is 7.18. The number of ketones is 1. The highest BCUT2D eigenvalue weighted by atomic mass is 32.1. The first-order valence-corrected chi connectivity index (χ1v) is 10.7. The van der Waals surface area contributed by atoms with Gasteiger partial charge in [0.2, 0.25) is 5.52 Å². The molecular weight excluding hydrogens is 380 g/mol. The Hall–Kier alpha value is -2.92. The minimum Gasteiger partial charge on any atom is -0.871 e. The fraction of sp³-hybridized carbons (Fsp3) is 0.250. The summed E-state index contributed by atoms with van der Waals surface area (Å²) in [6, 6.07) is 15.8. The van der Waals surface area contributed by atoms with Crippen LogP contribution < -0.4 is 14.6 Å². The van der Waals surface area contributed by atoms with Gasteiger partial charge in [0.1, 0.15) is 4.70 Å². The van der Waals surface area contributed by atoms with Crippen molar-refractivity contribution >= 4 is 44.7 Å². The molecule has 1 heterocycles. The van der Waals surface area contributed by atoms with Crippen LogP contribution in [0.5, 0.6) is 0 Å². The highest BCUT2D eigenvalue weighted by Crippen LogP contribution is 2.36. The van der Waals surface area contributed by atoms with E-state index in [4.69, 9.17) is 0 Å². The van der Waals surface area contributed by atoms with E-state index in [9.17, 15) is 9.90 Å². The number of allylic oxidation sites excluding steroid dienone is 2. The average molecular weight is 405 g/mol. The molecule has 0 aliphatic heterocycles. The minimum absolute atomic E-state index is 0.160. The van der Waals surface area contributed by atoms with Gasteiger partial charge in [0.25, 0.3) is 5.01 Å². The van der Waals surface area contributed by atoms with Gasteiger partial charge in [0, 0.05) is 49.5 Å². The van der Waals surface area contributed by atoms with Crippen molar-refractivity contribution in [3.8, 4) is 0 Å². The van der Waals surface area contributed by atoms with E-state index in [2.05, 4.69) is 23.6 Å². The molecule has 0 unspecified atom stereocenters. The summed E-state index contributed by atoms with van der Waals surface area (Å²) in [5, 5.41) is 13.8. The molecule has 0 saturated heterocycles. The van der Waals surface area contributed by atoms with Crippen molar-refractivity contribution in [3.05, 3.63) is 70.4 Å². The van der Waals surface area contributed by atoms with E-state index in [1.165, 1.54) is 0 Å². The molecule has 4 rings (SSSR count). The molecular formula is C24H24N2O2S. The molecule has 0 amide bonds. The molecule has 0 bridgehead atoms. The summed E-state index contributed by atoms with van der Waals surface area (Å²) in [6.45, 7) is 3.04. The Balaban J connectivity index is 1.72. The molecule has 4 nitrogen and oxygen atoms in total. The van der Waals surface area contributed by atoms with Crippen LogP contribution in [0.3, 0.4) is 0 Å². The van der Waals surface area contributed by atoms with Crippen molar-refractivity contribution in [2.24, 2.45) is 0 Å². The van der Waals surface area contributed by atoms with Crippen molar-refractivity contribution in [3.63, 3.8) is 0 Å². The Labute approximate surface area is 175 Å². The molecule has 0 atom stereocenters. The number of aryl methyl sites for hydroxylation is 1. The Bertz CT molecular complexity index is 1140. The Morgan fingerprint density at radius 3 is 2.48 bits per heavy atom. The van der Waals surface area contributed by atoms with Crippen molar-refractivity contribution in [1.82, 2.24) is 0 Å². The fourth-order valence-corrected chi connectivity index (χ4v) is 4.69. The number of nitrogens with zero attached hydrogens (tertiary/aromatic N) is 2. The summed E-state index contributed by atoms with van der Waals surface area (Å²) in [7, 11) is 3.92. The second-order valence-electron chi connectivity index (χ2n) is 7.45. The summed E-state index contributed by atoms with van der Waals surface area (Å²) in [4.78, 5) is 14.8. The summed E-state index contributed by atoms with van der Waals surface area (Å²) >= 11 is 1.63. The molecule has 1 aromatic heterocycles. The van der Waals surface area contributed by atoms with Crippen LogP contribution in [0.15, 0.2) is 59.9 Å². The first kappa shape index (κ1) is 19.4. The zero-order valence-corrected chi connectivity index (χ0v) is 17.8. The predicted octanol–water partition coefficient (Wildman–Crippen LogP) is 3.79. The zero-order valence-electron chi connectivity index (χ0n) is 16.9. The molecule has 5 heteroatoms. The van der Waals surface area contributed by atoms with E-state index in [0.29, 0.717) is 11.1 Å². The quantitative estimate of drug-likeness (QED) is 0.464. The monoisotopic (exact) mass is 404 g/mol. The first-order valence-electron chi connectivity index (χ1n) is 9.88. The normalized spacial score (nSPS) is 15.3. The molecule has 0 spiro atoms. The zero-order chi connectivity index (χ0) is 20.5. The molecule has 2 aromatic carbocycles. The van der Waals surface area contributed by atoms with Gasteiger partial charge in [-0.25, -0.2) is 0 Å². The lowest BCUT2D eigenvalue weighted by molar-refractivity contribution is -0.669. The predicted molar refractivity (Wildman–Crippen MR) is 118 cm³/mol. The number of para-hydroxylation sites is 1. The number of thiazole rings is 1. The Morgan fingerprint density at radius 2 is 1.83 bits per heavy atom. The van der Waals surface area contributed by atoms with E-state index in [1.54, 1.807) is 17.4 Å². The number of benzene rings is 2.